The molecule has 4 rings (SSSR count). The van der Waals surface area contributed by atoms with Gasteiger partial charge in [-0.2, -0.15) is 0 Å². The Labute approximate surface area is 204 Å². The fourth-order valence-corrected chi connectivity index (χ4v) is 5.32. The van der Waals surface area contributed by atoms with Crippen molar-refractivity contribution in [1.29, 1.82) is 0 Å². The summed E-state index contributed by atoms with van der Waals surface area (Å²) in [6, 6.07) is 14.3. The highest BCUT2D eigenvalue weighted by Crippen LogP contribution is 2.44. The quantitative estimate of drug-likeness (QED) is 0.251. The van der Waals surface area contributed by atoms with Crippen molar-refractivity contribution in [3.63, 3.8) is 0 Å². The third kappa shape index (κ3) is 4.26. The molecule has 1 fully saturated rings. The molecular formula is C28H29NO4S. The Morgan fingerprint density at radius 2 is 1.79 bits per heavy atom. The Morgan fingerprint density at radius 3 is 2.38 bits per heavy atom. The molecule has 1 N–H and O–H groups in total. The van der Waals surface area contributed by atoms with Crippen LogP contribution >= 0.6 is 11.3 Å². The number of carbonyl (C=O) groups is 2. The van der Waals surface area contributed by atoms with Gasteiger partial charge in [0.05, 0.1) is 12.2 Å². The number of amides is 1. The molecule has 0 aliphatic carbocycles. The van der Waals surface area contributed by atoms with Crippen molar-refractivity contribution in [1.82, 2.24) is 0 Å². The highest BCUT2D eigenvalue weighted by molar-refractivity contribution is 7.10. The summed E-state index contributed by atoms with van der Waals surface area (Å²) in [7, 11) is 0. The lowest BCUT2D eigenvalue weighted by molar-refractivity contribution is -0.132. The Bertz CT molecular complexity index is 1250. The molecule has 1 saturated heterocycles. The molecule has 1 aliphatic heterocycles. The normalized spacial score (nSPS) is 17.6. The van der Waals surface area contributed by atoms with Gasteiger partial charge in [0.1, 0.15) is 17.6 Å². The van der Waals surface area contributed by atoms with E-state index in [1.807, 2.05) is 82.5 Å². The van der Waals surface area contributed by atoms with Gasteiger partial charge in [0.25, 0.3) is 11.7 Å². The number of rotatable bonds is 6. The number of ether oxygens (including phenoxy) is 1. The van der Waals surface area contributed by atoms with Crippen LogP contribution in [0.2, 0.25) is 0 Å². The third-order valence-corrected chi connectivity index (χ3v) is 6.87. The number of hydrogen-bond acceptors (Lipinski definition) is 5. The van der Waals surface area contributed by atoms with Crippen molar-refractivity contribution in [2.24, 2.45) is 0 Å². The van der Waals surface area contributed by atoms with Gasteiger partial charge in [-0.3, -0.25) is 14.5 Å². The number of benzene rings is 2. The van der Waals surface area contributed by atoms with Gasteiger partial charge in [-0.1, -0.05) is 26.0 Å². The number of aliphatic hydroxyl groups excluding tert-OH is 1. The monoisotopic (exact) mass is 475 g/mol. The molecule has 34 heavy (non-hydrogen) atoms. The summed E-state index contributed by atoms with van der Waals surface area (Å²) in [6.45, 7) is 10.5. The van der Waals surface area contributed by atoms with Gasteiger partial charge in [0.2, 0.25) is 0 Å². The van der Waals surface area contributed by atoms with E-state index in [1.54, 1.807) is 6.07 Å². The van der Waals surface area contributed by atoms with Gasteiger partial charge in [0.15, 0.2) is 0 Å². The van der Waals surface area contributed by atoms with Crippen molar-refractivity contribution >= 4 is 34.5 Å². The largest absolute Gasteiger partial charge is 0.507 e. The molecule has 2 aromatic carbocycles. The van der Waals surface area contributed by atoms with Gasteiger partial charge in [0, 0.05) is 16.1 Å². The third-order valence-electron chi connectivity index (χ3n) is 5.95. The average Bonchev–Trinajstić information content (AvgIpc) is 3.40. The van der Waals surface area contributed by atoms with Gasteiger partial charge >= 0.3 is 0 Å². The number of carbonyl (C=O) groups excluding carboxylic acids is 2. The van der Waals surface area contributed by atoms with Crippen LogP contribution in [0.15, 0.2) is 59.5 Å². The fraction of sp³-hybridized carbons (Fsp3) is 0.286. The van der Waals surface area contributed by atoms with E-state index in [4.69, 9.17) is 4.74 Å². The first-order valence-electron chi connectivity index (χ1n) is 11.4. The first-order valence-corrected chi connectivity index (χ1v) is 12.3. The molecule has 0 spiro atoms. The number of nitrogens with zero attached hydrogens (tertiary/aromatic N) is 1. The van der Waals surface area contributed by atoms with E-state index in [0.29, 0.717) is 17.9 Å². The van der Waals surface area contributed by atoms with E-state index >= 15 is 0 Å². The molecule has 0 saturated carbocycles. The summed E-state index contributed by atoms with van der Waals surface area (Å²) in [6.07, 6.45) is 0. The molecule has 1 atom stereocenters. The van der Waals surface area contributed by atoms with Crippen molar-refractivity contribution in [2.45, 2.75) is 46.6 Å². The first kappa shape index (κ1) is 23.8. The van der Waals surface area contributed by atoms with Crippen LogP contribution in [0.4, 0.5) is 5.69 Å². The molecule has 1 aromatic heterocycles. The number of ketones is 1. The maximum absolute atomic E-state index is 13.3. The summed E-state index contributed by atoms with van der Waals surface area (Å²) in [5.74, 6) is -0.594. The molecule has 176 valence electrons. The highest BCUT2D eigenvalue weighted by atomic mass is 32.1. The minimum Gasteiger partial charge on any atom is -0.507 e. The van der Waals surface area contributed by atoms with Gasteiger partial charge in [-0.05, 0) is 85.2 Å². The first-order chi connectivity index (χ1) is 16.2. The van der Waals surface area contributed by atoms with E-state index in [1.165, 1.54) is 16.2 Å². The van der Waals surface area contributed by atoms with Crippen LogP contribution in [0.3, 0.4) is 0 Å². The molecular weight excluding hydrogens is 446 g/mol. The molecule has 6 heteroatoms. The highest BCUT2D eigenvalue weighted by Gasteiger charge is 2.47. The van der Waals surface area contributed by atoms with Gasteiger partial charge in [-0.15, -0.1) is 11.3 Å². The van der Waals surface area contributed by atoms with E-state index in [2.05, 4.69) is 0 Å². The molecule has 0 bridgehead atoms. The maximum atomic E-state index is 13.3. The SMILES string of the molecule is CCOc1ccc(/C(O)=C2/C(=O)C(=O)N(c3cc(C)cc(C)c3)C2c2cccs2)cc1C(C)C. The second kappa shape index (κ2) is 9.47. The van der Waals surface area contributed by atoms with Crippen LogP contribution in [-0.2, 0) is 9.59 Å². The average molecular weight is 476 g/mol. The second-order valence-electron chi connectivity index (χ2n) is 8.87. The smallest absolute Gasteiger partial charge is 0.300 e. The van der Waals surface area contributed by atoms with E-state index in [0.717, 1.165) is 27.3 Å². The lowest BCUT2D eigenvalue weighted by atomic mass is 9.95. The predicted octanol–water partition coefficient (Wildman–Crippen LogP) is 6.51. The minimum atomic E-state index is -0.699. The number of aryl methyl sites for hydroxylation is 2. The summed E-state index contributed by atoms with van der Waals surface area (Å²) in [4.78, 5) is 29.0. The van der Waals surface area contributed by atoms with E-state index in [-0.39, 0.29) is 17.3 Å². The van der Waals surface area contributed by atoms with Crippen LogP contribution in [0, 0.1) is 13.8 Å². The van der Waals surface area contributed by atoms with Crippen LogP contribution in [0.1, 0.15) is 59.9 Å². The Balaban J connectivity index is 1.91. The lowest BCUT2D eigenvalue weighted by Gasteiger charge is -2.25. The van der Waals surface area contributed by atoms with Crippen molar-refractivity contribution < 1.29 is 19.4 Å². The Kier molecular flexibility index (Phi) is 6.62. The Hall–Kier alpha value is -3.38. The molecule has 1 unspecified atom stereocenters. The molecule has 5 nitrogen and oxygen atoms in total. The summed E-state index contributed by atoms with van der Waals surface area (Å²) >= 11 is 1.45. The number of anilines is 1. The van der Waals surface area contributed by atoms with Crippen molar-refractivity contribution in [2.75, 3.05) is 11.5 Å². The summed E-state index contributed by atoms with van der Waals surface area (Å²) < 4.78 is 5.75. The van der Waals surface area contributed by atoms with E-state index in [9.17, 15) is 14.7 Å². The molecule has 2 heterocycles. The van der Waals surface area contributed by atoms with Crippen LogP contribution in [0.25, 0.3) is 5.76 Å². The second-order valence-corrected chi connectivity index (χ2v) is 9.85. The van der Waals surface area contributed by atoms with Crippen molar-refractivity contribution in [3.05, 3.63) is 86.6 Å². The zero-order valence-electron chi connectivity index (χ0n) is 20.1. The number of Topliss-reactive ketones (excluding diaryl/α,β-unsaturated/α-hetero) is 1. The predicted molar refractivity (Wildman–Crippen MR) is 137 cm³/mol. The zero-order chi connectivity index (χ0) is 24.6. The van der Waals surface area contributed by atoms with Gasteiger partial charge in [-0.25, -0.2) is 0 Å². The number of thiophene rings is 1. The molecule has 1 aliphatic rings. The fourth-order valence-electron chi connectivity index (χ4n) is 4.49. The molecule has 1 amide bonds. The Morgan fingerprint density at radius 1 is 1.09 bits per heavy atom. The zero-order valence-corrected chi connectivity index (χ0v) is 20.9. The maximum Gasteiger partial charge on any atom is 0.300 e. The topological polar surface area (TPSA) is 66.8 Å². The van der Waals surface area contributed by atoms with Crippen LogP contribution in [-0.4, -0.2) is 23.4 Å². The summed E-state index contributed by atoms with van der Waals surface area (Å²) in [5.41, 5.74) is 4.16. The summed E-state index contributed by atoms with van der Waals surface area (Å²) in [5, 5.41) is 13.3. The lowest BCUT2D eigenvalue weighted by Crippen LogP contribution is -2.29. The number of aliphatic hydroxyl groups is 1. The van der Waals surface area contributed by atoms with Gasteiger partial charge < -0.3 is 9.84 Å². The van der Waals surface area contributed by atoms with E-state index < -0.39 is 17.7 Å². The minimum absolute atomic E-state index is 0.102. The van der Waals surface area contributed by atoms with Crippen LogP contribution in [0.5, 0.6) is 5.75 Å². The van der Waals surface area contributed by atoms with Crippen LogP contribution < -0.4 is 9.64 Å². The number of hydrogen-bond donors (Lipinski definition) is 1. The molecule has 0 radical (unpaired) electrons. The standard InChI is InChI=1S/C28H29NO4S/c1-6-33-22-10-9-19(15-21(22)16(2)3)26(30)24-25(23-8-7-11-34-23)29(28(32)27(24)31)20-13-17(4)12-18(5)14-20/h7-16,25,30H,6H2,1-5H3/b26-24-. The molecule has 3 aromatic rings. The van der Waals surface area contributed by atoms with Crippen molar-refractivity contribution in [3.8, 4) is 5.75 Å².